The first-order valence-electron chi connectivity index (χ1n) is 6.51. The fourth-order valence-corrected chi connectivity index (χ4v) is 2.53. The summed E-state index contributed by atoms with van der Waals surface area (Å²) in [5.74, 6) is 5.94. The van der Waals surface area contributed by atoms with Crippen molar-refractivity contribution in [2.45, 2.75) is 13.3 Å². The highest BCUT2D eigenvalue weighted by molar-refractivity contribution is 5.95. The molecule has 0 saturated carbocycles. The number of hydrogen-bond acceptors (Lipinski definition) is 4. The molecule has 0 aliphatic carbocycles. The highest BCUT2D eigenvalue weighted by Crippen LogP contribution is 2.21. The monoisotopic (exact) mass is 263 g/mol. The molecule has 0 aromatic heterocycles. The van der Waals surface area contributed by atoms with Gasteiger partial charge in [0, 0.05) is 31.7 Å². The summed E-state index contributed by atoms with van der Waals surface area (Å²) in [6.45, 7) is 4.24. The number of carbonyl (C=O) groups excluding carboxylic acids is 1. The first-order chi connectivity index (χ1) is 9.15. The molecule has 5 nitrogen and oxygen atoms in total. The predicted octanol–water partition coefficient (Wildman–Crippen LogP) is 1.39. The molecule has 1 aliphatic rings. The first kappa shape index (κ1) is 13.8. The number of nitrogens with two attached hydrogens (primary N) is 1. The van der Waals surface area contributed by atoms with Crippen LogP contribution in [0.4, 0.5) is 5.69 Å². The number of nitrogen functional groups attached to an aromatic ring is 1. The number of hydrazine groups is 1. The van der Waals surface area contributed by atoms with Crippen LogP contribution in [0.15, 0.2) is 18.2 Å². The maximum Gasteiger partial charge on any atom is 0.253 e. The van der Waals surface area contributed by atoms with E-state index in [2.05, 4.69) is 5.43 Å². The molecule has 5 heteroatoms. The molecule has 1 aromatic rings. The van der Waals surface area contributed by atoms with Gasteiger partial charge in [0.15, 0.2) is 0 Å². The van der Waals surface area contributed by atoms with E-state index in [0.717, 1.165) is 42.9 Å². The second-order valence-electron chi connectivity index (χ2n) is 5.04. The molecule has 1 aliphatic heterocycles. The lowest BCUT2D eigenvalue weighted by molar-refractivity contribution is 0.0775. The molecule has 1 amide bonds. The van der Waals surface area contributed by atoms with Crippen LogP contribution in [0.1, 0.15) is 22.3 Å². The van der Waals surface area contributed by atoms with E-state index in [-0.39, 0.29) is 5.91 Å². The van der Waals surface area contributed by atoms with Crippen LogP contribution in [-0.2, 0) is 4.74 Å². The molecule has 1 fully saturated rings. The minimum absolute atomic E-state index is 0.0882. The van der Waals surface area contributed by atoms with Gasteiger partial charge in [-0.3, -0.25) is 10.6 Å². The summed E-state index contributed by atoms with van der Waals surface area (Å²) in [5.41, 5.74) is 5.15. The molecule has 3 N–H and O–H groups in total. The summed E-state index contributed by atoms with van der Waals surface area (Å²) >= 11 is 0. The lowest BCUT2D eigenvalue weighted by Crippen LogP contribution is -2.29. The first-order valence-corrected chi connectivity index (χ1v) is 6.51. The van der Waals surface area contributed by atoms with Gasteiger partial charge in [0.05, 0.1) is 12.3 Å². The van der Waals surface area contributed by atoms with Gasteiger partial charge in [0.2, 0.25) is 0 Å². The SMILES string of the molecule is COCC1CCN(C(=O)c2ccc(NN)c(C)c2)C1. The summed E-state index contributed by atoms with van der Waals surface area (Å²) in [6, 6.07) is 5.53. The predicted molar refractivity (Wildman–Crippen MR) is 74.9 cm³/mol. The van der Waals surface area contributed by atoms with Crippen molar-refractivity contribution in [3.8, 4) is 0 Å². The van der Waals surface area contributed by atoms with E-state index < -0.39 is 0 Å². The number of likely N-dealkylation sites (tertiary alicyclic amines) is 1. The number of carbonyl (C=O) groups is 1. The van der Waals surface area contributed by atoms with Gasteiger partial charge in [-0.2, -0.15) is 0 Å². The summed E-state index contributed by atoms with van der Waals surface area (Å²) < 4.78 is 5.15. The molecule has 19 heavy (non-hydrogen) atoms. The van der Waals surface area contributed by atoms with Crippen LogP contribution < -0.4 is 11.3 Å². The number of ether oxygens (including phenoxy) is 1. The maximum atomic E-state index is 12.4. The zero-order valence-electron chi connectivity index (χ0n) is 11.5. The number of hydrogen-bond donors (Lipinski definition) is 2. The van der Waals surface area contributed by atoms with Crippen molar-refractivity contribution < 1.29 is 9.53 Å². The Morgan fingerprint density at radius 3 is 3.00 bits per heavy atom. The number of nitrogens with zero attached hydrogens (tertiary/aromatic N) is 1. The van der Waals surface area contributed by atoms with Crippen molar-refractivity contribution in [3.05, 3.63) is 29.3 Å². The van der Waals surface area contributed by atoms with Gasteiger partial charge in [-0.1, -0.05) is 0 Å². The van der Waals surface area contributed by atoms with Gasteiger partial charge < -0.3 is 15.1 Å². The van der Waals surface area contributed by atoms with Crippen LogP contribution in [0.25, 0.3) is 0 Å². The Morgan fingerprint density at radius 1 is 1.58 bits per heavy atom. The average molecular weight is 263 g/mol. The summed E-state index contributed by atoms with van der Waals surface area (Å²) in [5, 5.41) is 0. The molecule has 1 aromatic carbocycles. The van der Waals surface area contributed by atoms with Crippen LogP contribution >= 0.6 is 0 Å². The standard InChI is InChI=1S/C14H21N3O2/c1-10-7-12(3-4-13(10)16-15)14(18)17-6-5-11(8-17)9-19-2/h3-4,7,11,16H,5-6,8-9,15H2,1-2H3. The van der Waals surface area contributed by atoms with E-state index in [0.29, 0.717) is 5.92 Å². The number of methoxy groups -OCH3 is 1. The Kier molecular flexibility index (Phi) is 4.39. The summed E-state index contributed by atoms with van der Waals surface area (Å²) in [4.78, 5) is 14.3. The molecule has 0 radical (unpaired) electrons. The maximum absolute atomic E-state index is 12.4. The minimum atomic E-state index is 0.0882. The van der Waals surface area contributed by atoms with Crippen LogP contribution in [0.2, 0.25) is 0 Å². The van der Waals surface area contributed by atoms with E-state index in [1.807, 2.05) is 30.0 Å². The zero-order valence-corrected chi connectivity index (χ0v) is 11.5. The van der Waals surface area contributed by atoms with Crippen molar-refractivity contribution in [2.75, 3.05) is 32.2 Å². The van der Waals surface area contributed by atoms with Gasteiger partial charge in [-0.05, 0) is 37.1 Å². The largest absolute Gasteiger partial charge is 0.384 e. The molecule has 1 unspecified atom stereocenters. The second-order valence-corrected chi connectivity index (χ2v) is 5.04. The van der Waals surface area contributed by atoms with Gasteiger partial charge in [-0.15, -0.1) is 0 Å². The Hall–Kier alpha value is -1.59. The number of nitrogens with one attached hydrogen (secondary N) is 1. The van der Waals surface area contributed by atoms with Crippen LogP contribution in [0.3, 0.4) is 0 Å². The van der Waals surface area contributed by atoms with Crippen LogP contribution in [0.5, 0.6) is 0 Å². The topological polar surface area (TPSA) is 67.6 Å². The van der Waals surface area contributed by atoms with Gasteiger partial charge in [0.1, 0.15) is 0 Å². The van der Waals surface area contributed by atoms with E-state index in [9.17, 15) is 4.79 Å². The summed E-state index contributed by atoms with van der Waals surface area (Å²) in [6.07, 6.45) is 1.01. The van der Waals surface area contributed by atoms with E-state index in [1.54, 1.807) is 7.11 Å². The molecule has 1 heterocycles. The van der Waals surface area contributed by atoms with Gasteiger partial charge >= 0.3 is 0 Å². The minimum Gasteiger partial charge on any atom is -0.384 e. The molecule has 104 valence electrons. The van der Waals surface area contributed by atoms with Crippen molar-refractivity contribution in [1.82, 2.24) is 4.90 Å². The number of rotatable bonds is 4. The van der Waals surface area contributed by atoms with Crippen LogP contribution in [0, 0.1) is 12.8 Å². The normalized spacial score (nSPS) is 18.7. The number of anilines is 1. The van der Waals surface area contributed by atoms with Gasteiger partial charge in [-0.25, -0.2) is 0 Å². The summed E-state index contributed by atoms with van der Waals surface area (Å²) in [7, 11) is 1.70. The molecular formula is C14H21N3O2. The third kappa shape index (κ3) is 3.05. The lowest BCUT2D eigenvalue weighted by atomic mass is 10.1. The molecule has 1 saturated heterocycles. The molecular weight excluding hydrogens is 242 g/mol. The zero-order chi connectivity index (χ0) is 13.8. The van der Waals surface area contributed by atoms with E-state index >= 15 is 0 Å². The third-order valence-electron chi connectivity index (χ3n) is 3.60. The van der Waals surface area contributed by atoms with E-state index in [1.165, 1.54) is 0 Å². The molecule has 0 bridgehead atoms. The second kappa shape index (κ2) is 6.04. The van der Waals surface area contributed by atoms with Crippen molar-refractivity contribution in [1.29, 1.82) is 0 Å². The van der Waals surface area contributed by atoms with Gasteiger partial charge in [0.25, 0.3) is 5.91 Å². The van der Waals surface area contributed by atoms with Crippen LogP contribution in [-0.4, -0.2) is 37.6 Å². The Morgan fingerprint density at radius 2 is 2.37 bits per heavy atom. The average Bonchev–Trinajstić information content (AvgIpc) is 2.87. The lowest BCUT2D eigenvalue weighted by Gasteiger charge is -2.17. The third-order valence-corrected chi connectivity index (χ3v) is 3.60. The molecule has 2 rings (SSSR count). The molecule has 0 spiro atoms. The fourth-order valence-electron chi connectivity index (χ4n) is 2.53. The Bertz CT molecular complexity index is 462. The quantitative estimate of drug-likeness (QED) is 0.636. The number of amides is 1. The van der Waals surface area contributed by atoms with Crippen molar-refractivity contribution >= 4 is 11.6 Å². The van der Waals surface area contributed by atoms with Crippen molar-refractivity contribution in [3.63, 3.8) is 0 Å². The number of benzene rings is 1. The highest BCUT2D eigenvalue weighted by Gasteiger charge is 2.26. The smallest absolute Gasteiger partial charge is 0.253 e. The van der Waals surface area contributed by atoms with Crippen molar-refractivity contribution in [2.24, 2.45) is 11.8 Å². The molecule has 1 atom stereocenters. The highest BCUT2D eigenvalue weighted by atomic mass is 16.5. The fraction of sp³-hybridized carbons (Fsp3) is 0.500. The van der Waals surface area contributed by atoms with E-state index in [4.69, 9.17) is 10.6 Å². The number of aryl methyl sites for hydroxylation is 1. The Labute approximate surface area is 113 Å². The Balaban J connectivity index is 2.06.